The molecule has 100 valence electrons. The van der Waals surface area contributed by atoms with Gasteiger partial charge in [-0.05, 0) is 41.7 Å². The van der Waals surface area contributed by atoms with Crippen LogP contribution in [0.4, 0.5) is 0 Å². The van der Waals surface area contributed by atoms with Crippen LogP contribution in [0, 0.1) is 10.8 Å². The number of rotatable bonds is 1. The van der Waals surface area contributed by atoms with Gasteiger partial charge in [-0.25, -0.2) is 0 Å². The minimum atomic E-state index is 0.259. The summed E-state index contributed by atoms with van der Waals surface area (Å²) >= 11 is 0. The Bertz CT molecular complexity index is 421. The van der Waals surface area contributed by atoms with E-state index in [4.69, 9.17) is 0 Å². The molecule has 2 aliphatic heterocycles. The van der Waals surface area contributed by atoms with Crippen molar-refractivity contribution < 1.29 is 0 Å². The molecule has 0 amide bonds. The molecule has 0 saturated carbocycles. The molecule has 1 saturated heterocycles. The molecule has 18 heavy (non-hydrogen) atoms. The Hall–Kier alpha value is -0.980. The fourth-order valence-corrected chi connectivity index (χ4v) is 3.46. The maximum absolute atomic E-state index is 4.08. The van der Waals surface area contributed by atoms with E-state index in [-0.39, 0.29) is 5.41 Å². The number of hydrogen-bond acceptors (Lipinski definition) is 1. The molecule has 1 heteroatoms. The Morgan fingerprint density at radius 2 is 1.61 bits per heavy atom. The first-order chi connectivity index (χ1) is 8.33. The van der Waals surface area contributed by atoms with Gasteiger partial charge >= 0.3 is 0 Å². The van der Waals surface area contributed by atoms with Gasteiger partial charge in [0.2, 0.25) is 0 Å². The van der Waals surface area contributed by atoms with Gasteiger partial charge in [0.05, 0.1) is 0 Å². The van der Waals surface area contributed by atoms with Gasteiger partial charge in [-0.3, -0.25) is 0 Å². The summed E-state index contributed by atoms with van der Waals surface area (Å²) in [6.45, 7) is 18.1. The van der Waals surface area contributed by atoms with Crippen LogP contribution in [0.2, 0.25) is 0 Å². The molecule has 1 nitrogen and oxygen atoms in total. The highest BCUT2D eigenvalue weighted by molar-refractivity contribution is 5.47. The molecule has 0 aromatic rings. The second kappa shape index (κ2) is 4.29. The number of fused-ring (bicyclic) bond motifs is 1. The summed E-state index contributed by atoms with van der Waals surface area (Å²) in [4.78, 5) is 2.57. The van der Waals surface area contributed by atoms with Crippen LogP contribution in [0.5, 0.6) is 0 Å². The Balaban J connectivity index is 2.62. The van der Waals surface area contributed by atoms with Crippen LogP contribution >= 0.6 is 0 Å². The highest BCUT2D eigenvalue weighted by Crippen LogP contribution is 2.49. The first kappa shape index (κ1) is 13.5. The van der Waals surface area contributed by atoms with Gasteiger partial charge in [-0.1, -0.05) is 46.4 Å². The lowest BCUT2D eigenvalue weighted by atomic mass is 9.69. The highest BCUT2D eigenvalue weighted by Gasteiger charge is 2.40. The molecular formula is C17H27N. The normalized spacial score (nSPS) is 28.3. The van der Waals surface area contributed by atoms with Gasteiger partial charge in [0.1, 0.15) is 0 Å². The molecule has 0 unspecified atom stereocenters. The molecule has 2 heterocycles. The minimum Gasteiger partial charge on any atom is -0.371 e. The molecule has 0 atom stereocenters. The van der Waals surface area contributed by atoms with E-state index in [0.29, 0.717) is 5.41 Å². The SMILES string of the molecule is C=CC1=C2/C(=C\C)C(C)(C)CCN2CCC1(C)C. The van der Waals surface area contributed by atoms with E-state index in [1.165, 1.54) is 42.8 Å². The second-order valence-corrected chi connectivity index (χ2v) is 6.92. The predicted octanol–water partition coefficient (Wildman–Crippen LogP) is 4.53. The Morgan fingerprint density at radius 1 is 1.06 bits per heavy atom. The largest absolute Gasteiger partial charge is 0.371 e. The highest BCUT2D eigenvalue weighted by atomic mass is 15.2. The van der Waals surface area contributed by atoms with E-state index in [2.05, 4.69) is 58.2 Å². The summed E-state index contributed by atoms with van der Waals surface area (Å²) in [6, 6.07) is 0. The fraction of sp³-hybridized carbons (Fsp3) is 0.647. The van der Waals surface area contributed by atoms with E-state index in [1.54, 1.807) is 0 Å². The molecule has 0 radical (unpaired) electrons. The standard InChI is InChI=1S/C17H27N/c1-7-13-15-14(8-2)17(5,6)10-12-18(15)11-9-16(13,3)4/h7-8H,1,9-12H2,2-6H3/b14-8+. The zero-order valence-electron chi connectivity index (χ0n) is 12.6. The van der Waals surface area contributed by atoms with Crippen molar-refractivity contribution in [1.29, 1.82) is 0 Å². The molecule has 0 aliphatic carbocycles. The molecule has 0 N–H and O–H groups in total. The lowest BCUT2D eigenvalue weighted by Crippen LogP contribution is -2.44. The van der Waals surface area contributed by atoms with Crippen LogP contribution < -0.4 is 0 Å². The quantitative estimate of drug-likeness (QED) is 0.656. The summed E-state index contributed by atoms with van der Waals surface area (Å²) in [6.07, 6.45) is 6.88. The molecule has 2 rings (SSSR count). The van der Waals surface area contributed by atoms with E-state index < -0.39 is 0 Å². The van der Waals surface area contributed by atoms with E-state index in [9.17, 15) is 0 Å². The van der Waals surface area contributed by atoms with Crippen molar-refractivity contribution in [2.45, 2.75) is 47.5 Å². The molecule has 0 aromatic carbocycles. The third kappa shape index (κ3) is 1.94. The van der Waals surface area contributed by atoms with Crippen molar-refractivity contribution >= 4 is 0 Å². The summed E-state index contributed by atoms with van der Waals surface area (Å²) in [7, 11) is 0. The Morgan fingerprint density at radius 3 is 2.11 bits per heavy atom. The number of piperidine rings is 1. The monoisotopic (exact) mass is 245 g/mol. The van der Waals surface area contributed by atoms with Crippen molar-refractivity contribution in [2.75, 3.05) is 13.1 Å². The molecule has 1 fully saturated rings. The maximum atomic E-state index is 4.08. The van der Waals surface area contributed by atoms with Crippen LogP contribution in [0.15, 0.2) is 35.6 Å². The van der Waals surface area contributed by atoms with Crippen molar-refractivity contribution in [2.24, 2.45) is 10.8 Å². The first-order valence-corrected chi connectivity index (χ1v) is 7.13. The lowest BCUT2D eigenvalue weighted by Gasteiger charge is -2.49. The second-order valence-electron chi connectivity index (χ2n) is 6.92. The topological polar surface area (TPSA) is 3.24 Å². The van der Waals surface area contributed by atoms with Crippen molar-refractivity contribution in [3.63, 3.8) is 0 Å². The third-order valence-corrected chi connectivity index (χ3v) is 4.79. The fourth-order valence-electron chi connectivity index (χ4n) is 3.46. The molecule has 2 aliphatic rings. The third-order valence-electron chi connectivity index (χ3n) is 4.79. The van der Waals surface area contributed by atoms with Crippen LogP contribution in [-0.4, -0.2) is 18.0 Å². The predicted molar refractivity (Wildman–Crippen MR) is 79.3 cm³/mol. The Labute approximate surface area is 112 Å². The Kier molecular flexibility index (Phi) is 3.21. The van der Waals surface area contributed by atoms with Crippen LogP contribution in [0.25, 0.3) is 0 Å². The van der Waals surface area contributed by atoms with Crippen LogP contribution in [0.3, 0.4) is 0 Å². The van der Waals surface area contributed by atoms with E-state index in [0.717, 1.165) is 0 Å². The molecule has 0 bridgehead atoms. The lowest BCUT2D eigenvalue weighted by molar-refractivity contribution is 0.187. The number of hydrogen-bond donors (Lipinski definition) is 0. The van der Waals surface area contributed by atoms with Crippen LogP contribution in [0.1, 0.15) is 47.5 Å². The first-order valence-electron chi connectivity index (χ1n) is 7.13. The number of nitrogens with zero attached hydrogens (tertiary/aromatic N) is 1. The van der Waals surface area contributed by atoms with Gasteiger partial charge in [-0.15, -0.1) is 0 Å². The summed E-state index contributed by atoms with van der Waals surface area (Å²) in [5.74, 6) is 0. The minimum absolute atomic E-state index is 0.259. The average molecular weight is 245 g/mol. The zero-order chi connectivity index (χ0) is 13.6. The van der Waals surface area contributed by atoms with Gasteiger partial charge in [0, 0.05) is 18.8 Å². The van der Waals surface area contributed by atoms with Crippen molar-refractivity contribution in [3.8, 4) is 0 Å². The average Bonchev–Trinajstić information content (AvgIpc) is 2.27. The number of allylic oxidation sites excluding steroid dienone is 4. The van der Waals surface area contributed by atoms with Crippen LogP contribution in [-0.2, 0) is 0 Å². The summed E-state index contributed by atoms with van der Waals surface area (Å²) < 4.78 is 0. The van der Waals surface area contributed by atoms with Gasteiger partial charge in [0.15, 0.2) is 0 Å². The van der Waals surface area contributed by atoms with Crippen molar-refractivity contribution in [3.05, 3.63) is 35.6 Å². The molecule has 0 spiro atoms. The van der Waals surface area contributed by atoms with E-state index >= 15 is 0 Å². The summed E-state index contributed by atoms with van der Waals surface area (Å²) in [5, 5.41) is 0. The van der Waals surface area contributed by atoms with Gasteiger partial charge in [-0.2, -0.15) is 0 Å². The smallest absolute Gasteiger partial charge is 0.0438 e. The molecular weight excluding hydrogens is 218 g/mol. The van der Waals surface area contributed by atoms with E-state index in [1.807, 2.05) is 0 Å². The maximum Gasteiger partial charge on any atom is 0.0438 e. The zero-order valence-corrected chi connectivity index (χ0v) is 12.6. The van der Waals surface area contributed by atoms with Crippen molar-refractivity contribution in [1.82, 2.24) is 4.90 Å². The molecule has 0 aromatic heterocycles. The van der Waals surface area contributed by atoms with Gasteiger partial charge in [0.25, 0.3) is 0 Å². The summed E-state index contributed by atoms with van der Waals surface area (Å²) in [5.41, 5.74) is 4.98. The van der Waals surface area contributed by atoms with Gasteiger partial charge < -0.3 is 4.90 Å².